The van der Waals surface area contributed by atoms with Gasteiger partial charge in [0.15, 0.2) is 0 Å². The Hall–Kier alpha value is -1.55. The molecule has 0 aromatic heterocycles. The molecule has 0 saturated carbocycles. The minimum atomic E-state index is -1.05. The van der Waals surface area contributed by atoms with E-state index in [0.29, 0.717) is 5.56 Å². The van der Waals surface area contributed by atoms with E-state index in [0.717, 1.165) is 0 Å². The van der Waals surface area contributed by atoms with Gasteiger partial charge in [-0.25, -0.2) is 0 Å². The van der Waals surface area contributed by atoms with Gasteiger partial charge in [0.25, 0.3) is 5.91 Å². The lowest BCUT2D eigenvalue weighted by Crippen LogP contribution is -2.29. The minimum absolute atomic E-state index is 0. The van der Waals surface area contributed by atoms with Crippen LogP contribution < -0.4 is 5.32 Å². The molecule has 1 aromatic rings. The second-order valence-electron chi connectivity index (χ2n) is 2.44. The standard InChI is InChI=1S/C9H9NO3.ClH/c11-8(12)6-10-9(13)7-4-2-1-3-5-7;/h1-5H,6H2,(H,10,13)(H,11,12);1H. The molecule has 0 saturated heterocycles. The number of hydrogen-bond acceptors (Lipinski definition) is 2. The van der Waals surface area contributed by atoms with Crippen LogP contribution >= 0.6 is 12.4 Å². The van der Waals surface area contributed by atoms with Crippen LogP contribution in [0.4, 0.5) is 0 Å². The van der Waals surface area contributed by atoms with Crippen molar-refractivity contribution in [2.45, 2.75) is 0 Å². The molecule has 0 aliphatic carbocycles. The van der Waals surface area contributed by atoms with Gasteiger partial charge < -0.3 is 10.4 Å². The Morgan fingerprint density at radius 1 is 1.21 bits per heavy atom. The summed E-state index contributed by atoms with van der Waals surface area (Å²) in [5.74, 6) is -1.42. The van der Waals surface area contributed by atoms with E-state index in [-0.39, 0.29) is 24.9 Å². The predicted molar refractivity (Wildman–Crippen MR) is 53.7 cm³/mol. The summed E-state index contributed by atoms with van der Waals surface area (Å²) >= 11 is 0. The van der Waals surface area contributed by atoms with Crippen molar-refractivity contribution in [2.75, 3.05) is 6.54 Å². The van der Waals surface area contributed by atoms with Gasteiger partial charge >= 0.3 is 5.97 Å². The Morgan fingerprint density at radius 3 is 2.29 bits per heavy atom. The van der Waals surface area contributed by atoms with Crippen molar-refractivity contribution in [2.24, 2.45) is 0 Å². The fourth-order valence-corrected chi connectivity index (χ4v) is 0.847. The number of carboxylic acids is 1. The third-order valence-electron chi connectivity index (χ3n) is 1.44. The number of nitrogens with one attached hydrogen (secondary N) is 1. The van der Waals surface area contributed by atoms with E-state index >= 15 is 0 Å². The molecule has 1 aromatic carbocycles. The van der Waals surface area contributed by atoms with E-state index in [1.54, 1.807) is 30.3 Å². The highest BCUT2D eigenvalue weighted by Crippen LogP contribution is 1.96. The second-order valence-corrected chi connectivity index (χ2v) is 2.44. The maximum absolute atomic E-state index is 11.2. The molecule has 0 aliphatic heterocycles. The number of benzene rings is 1. The molecule has 0 atom stereocenters. The molecule has 0 aliphatic rings. The first-order chi connectivity index (χ1) is 6.20. The Labute approximate surface area is 87.3 Å². The van der Waals surface area contributed by atoms with Gasteiger partial charge in [0, 0.05) is 5.56 Å². The highest BCUT2D eigenvalue weighted by atomic mass is 35.5. The molecule has 5 heteroatoms. The van der Waals surface area contributed by atoms with Gasteiger partial charge in [-0.2, -0.15) is 0 Å². The highest BCUT2D eigenvalue weighted by Gasteiger charge is 2.04. The summed E-state index contributed by atoms with van der Waals surface area (Å²) in [6, 6.07) is 8.47. The van der Waals surface area contributed by atoms with Crippen molar-refractivity contribution < 1.29 is 14.7 Å². The summed E-state index contributed by atoms with van der Waals surface area (Å²) in [7, 11) is 0. The van der Waals surface area contributed by atoms with E-state index in [4.69, 9.17) is 5.11 Å². The molecule has 14 heavy (non-hydrogen) atoms. The average Bonchev–Trinajstić information content (AvgIpc) is 2.15. The maximum atomic E-state index is 11.2. The number of carboxylic acid groups (broad SMARTS) is 1. The van der Waals surface area contributed by atoms with Crippen molar-refractivity contribution in [3.8, 4) is 0 Å². The van der Waals surface area contributed by atoms with Crippen LogP contribution in [0, 0.1) is 0 Å². The van der Waals surface area contributed by atoms with E-state index in [2.05, 4.69) is 5.32 Å². The first-order valence-corrected chi connectivity index (χ1v) is 3.75. The van der Waals surface area contributed by atoms with Gasteiger partial charge in [-0.05, 0) is 12.1 Å². The molecule has 0 heterocycles. The van der Waals surface area contributed by atoms with Crippen molar-refractivity contribution >= 4 is 24.3 Å². The van der Waals surface area contributed by atoms with Gasteiger partial charge in [-0.1, -0.05) is 18.2 Å². The highest BCUT2D eigenvalue weighted by molar-refractivity contribution is 5.95. The average molecular weight is 216 g/mol. The Kier molecular flexibility index (Phi) is 5.33. The van der Waals surface area contributed by atoms with Crippen molar-refractivity contribution in [1.29, 1.82) is 0 Å². The lowest BCUT2D eigenvalue weighted by molar-refractivity contribution is -0.135. The Bertz CT molecular complexity index is 313. The van der Waals surface area contributed by atoms with Crippen LogP contribution in [0.15, 0.2) is 30.3 Å². The molecule has 4 nitrogen and oxygen atoms in total. The summed E-state index contributed by atoms with van der Waals surface area (Å²) in [5.41, 5.74) is 0.462. The fourth-order valence-electron chi connectivity index (χ4n) is 0.847. The minimum Gasteiger partial charge on any atom is -0.480 e. The molecule has 1 amide bonds. The van der Waals surface area contributed by atoms with Crippen LogP contribution in [0.25, 0.3) is 0 Å². The Morgan fingerprint density at radius 2 is 1.79 bits per heavy atom. The number of rotatable bonds is 3. The zero-order valence-electron chi connectivity index (χ0n) is 7.27. The van der Waals surface area contributed by atoms with Crippen LogP contribution in [0.3, 0.4) is 0 Å². The lowest BCUT2D eigenvalue weighted by atomic mass is 10.2. The number of aliphatic carboxylic acids is 1. The molecule has 0 bridgehead atoms. The van der Waals surface area contributed by atoms with Gasteiger partial charge in [0.2, 0.25) is 0 Å². The van der Waals surface area contributed by atoms with Crippen molar-refractivity contribution in [3.63, 3.8) is 0 Å². The molecule has 0 fully saturated rings. The van der Waals surface area contributed by atoms with E-state index in [1.165, 1.54) is 0 Å². The van der Waals surface area contributed by atoms with Gasteiger partial charge in [-0.15, -0.1) is 12.4 Å². The van der Waals surface area contributed by atoms with Crippen molar-refractivity contribution in [1.82, 2.24) is 5.32 Å². The van der Waals surface area contributed by atoms with Crippen LogP contribution in [0.1, 0.15) is 10.4 Å². The number of hydrogen-bond donors (Lipinski definition) is 2. The molecule has 2 N–H and O–H groups in total. The summed E-state index contributed by atoms with van der Waals surface area (Å²) < 4.78 is 0. The number of carbonyl (C=O) groups is 2. The first-order valence-electron chi connectivity index (χ1n) is 3.75. The molecular weight excluding hydrogens is 206 g/mol. The van der Waals surface area contributed by atoms with Crippen LogP contribution in [-0.4, -0.2) is 23.5 Å². The quantitative estimate of drug-likeness (QED) is 0.788. The SMILES string of the molecule is Cl.O=C(O)CNC(=O)c1ccccc1. The zero-order valence-corrected chi connectivity index (χ0v) is 8.08. The normalized spacial score (nSPS) is 8.57. The molecular formula is C9H10ClNO3. The number of halogens is 1. The molecule has 1 rings (SSSR count). The van der Waals surface area contributed by atoms with E-state index in [9.17, 15) is 9.59 Å². The van der Waals surface area contributed by atoms with E-state index in [1.807, 2.05) is 0 Å². The van der Waals surface area contributed by atoms with Gasteiger partial charge in [0.1, 0.15) is 6.54 Å². The van der Waals surface area contributed by atoms with Crippen molar-refractivity contribution in [3.05, 3.63) is 35.9 Å². The summed E-state index contributed by atoms with van der Waals surface area (Å²) in [4.78, 5) is 21.3. The first kappa shape index (κ1) is 12.4. The lowest BCUT2D eigenvalue weighted by Gasteiger charge is -2.00. The number of amides is 1. The summed E-state index contributed by atoms with van der Waals surface area (Å²) in [6.07, 6.45) is 0. The monoisotopic (exact) mass is 215 g/mol. The summed E-state index contributed by atoms with van der Waals surface area (Å²) in [6.45, 7) is -0.353. The zero-order chi connectivity index (χ0) is 9.68. The maximum Gasteiger partial charge on any atom is 0.322 e. The third-order valence-corrected chi connectivity index (χ3v) is 1.44. The fraction of sp³-hybridized carbons (Fsp3) is 0.111. The molecule has 0 radical (unpaired) electrons. The smallest absolute Gasteiger partial charge is 0.322 e. The Balaban J connectivity index is 0.00000169. The topological polar surface area (TPSA) is 66.4 Å². The van der Waals surface area contributed by atoms with E-state index < -0.39 is 5.97 Å². The summed E-state index contributed by atoms with van der Waals surface area (Å²) in [5, 5.41) is 10.6. The van der Waals surface area contributed by atoms with Gasteiger partial charge in [-0.3, -0.25) is 9.59 Å². The molecule has 0 spiro atoms. The van der Waals surface area contributed by atoms with Gasteiger partial charge in [0.05, 0.1) is 0 Å². The largest absolute Gasteiger partial charge is 0.480 e. The third kappa shape index (κ3) is 3.91. The molecule has 76 valence electrons. The number of carbonyl (C=O) groups excluding carboxylic acids is 1. The predicted octanol–water partition coefficient (Wildman–Crippen LogP) is 0.923. The van der Waals surface area contributed by atoms with Crippen LogP contribution in [0.5, 0.6) is 0 Å². The van der Waals surface area contributed by atoms with Crippen LogP contribution in [0.2, 0.25) is 0 Å². The second kappa shape index (κ2) is 5.99. The van der Waals surface area contributed by atoms with Crippen LogP contribution in [-0.2, 0) is 4.79 Å². The molecule has 0 unspecified atom stereocenters.